The largest absolute Gasteiger partial charge is 0.484 e. The lowest BCUT2D eigenvalue weighted by Crippen LogP contribution is -2.52. The smallest absolute Gasteiger partial charge is 0.261 e. The van der Waals surface area contributed by atoms with Crippen molar-refractivity contribution in [3.05, 3.63) is 126 Å². The average molecular weight is 662 g/mol. The number of nitrogens with one attached hydrogen (secondary N) is 2. The number of nitrogens with zero attached hydrogens (tertiary/aromatic N) is 1. The van der Waals surface area contributed by atoms with Crippen molar-refractivity contribution in [2.75, 3.05) is 24.5 Å². The highest BCUT2D eigenvalue weighted by molar-refractivity contribution is 7.92. The van der Waals surface area contributed by atoms with Crippen LogP contribution in [-0.2, 0) is 37.3 Å². The van der Waals surface area contributed by atoms with Crippen LogP contribution < -0.4 is 14.8 Å². The van der Waals surface area contributed by atoms with Crippen LogP contribution in [0, 0.1) is 5.82 Å². The summed E-state index contributed by atoms with van der Waals surface area (Å²) in [5.41, 5.74) is 1.96. The molecule has 0 aliphatic rings. The van der Waals surface area contributed by atoms with E-state index in [0.29, 0.717) is 26.0 Å². The third-order valence-electron chi connectivity index (χ3n) is 7.13. The Morgan fingerprint density at radius 2 is 1.45 bits per heavy atom. The zero-order valence-corrected chi connectivity index (χ0v) is 27.3. The van der Waals surface area contributed by atoms with Crippen molar-refractivity contribution in [2.45, 2.75) is 50.3 Å². The molecule has 4 rings (SSSR count). The first kappa shape index (κ1) is 35.1. The van der Waals surface area contributed by atoms with Gasteiger partial charge in [0.25, 0.3) is 15.9 Å². The van der Waals surface area contributed by atoms with Crippen molar-refractivity contribution in [3.8, 4) is 5.75 Å². The molecule has 47 heavy (non-hydrogen) atoms. The molecular weight excluding hydrogens is 621 g/mol. The van der Waals surface area contributed by atoms with Gasteiger partial charge in [0.05, 0.1) is 11.0 Å². The van der Waals surface area contributed by atoms with Crippen LogP contribution in [0.15, 0.2) is 114 Å². The van der Waals surface area contributed by atoms with Gasteiger partial charge in [-0.3, -0.25) is 14.3 Å². The van der Waals surface area contributed by atoms with Crippen molar-refractivity contribution in [3.63, 3.8) is 0 Å². The molecule has 2 amide bonds. The van der Waals surface area contributed by atoms with Gasteiger partial charge < -0.3 is 19.7 Å². The molecule has 0 aromatic heterocycles. The average Bonchev–Trinajstić information content (AvgIpc) is 3.07. The maximum Gasteiger partial charge on any atom is 0.261 e. The van der Waals surface area contributed by atoms with Crippen molar-refractivity contribution in [1.82, 2.24) is 10.2 Å². The minimum atomic E-state index is -3.94. The Morgan fingerprint density at radius 3 is 2.06 bits per heavy atom. The Labute approximate surface area is 275 Å². The molecule has 4 aromatic rings. The normalized spacial score (nSPS) is 11.9. The zero-order chi connectivity index (χ0) is 33.6. The minimum Gasteiger partial charge on any atom is -0.484 e. The second-order valence-electron chi connectivity index (χ2n) is 11.1. The van der Waals surface area contributed by atoms with Gasteiger partial charge >= 0.3 is 0 Å². The Bertz CT molecular complexity index is 1670. The van der Waals surface area contributed by atoms with Crippen molar-refractivity contribution >= 4 is 27.5 Å². The molecule has 0 fully saturated rings. The molecule has 0 bridgehead atoms. The minimum absolute atomic E-state index is 0.0374. The fourth-order valence-corrected chi connectivity index (χ4v) is 5.79. The first-order valence-electron chi connectivity index (χ1n) is 15.4. The number of ether oxygens (including phenoxy) is 2. The standard InChI is InChI=1S/C36H40FN3O6S/c1-27(2)45-23-9-22-38-36(42)34(24-28-10-5-3-6-11-28)40(25-29-12-7-4-8-13-29)35(41)26-46-32-18-20-33(21-19-32)47(43,44)39-31-16-14-30(37)15-17-31/h3-8,10-21,27,34,39H,9,22-26H2,1-2H3,(H,38,42)/t34-/m0/s1. The van der Waals surface area contributed by atoms with E-state index in [-0.39, 0.29) is 41.5 Å². The van der Waals surface area contributed by atoms with E-state index < -0.39 is 27.8 Å². The van der Waals surface area contributed by atoms with E-state index in [1.807, 2.05) is 74.5 Å². The molecule has 248 valence electrons. The highest BCUT2D eigenvalue weighted by Crippen LogP contribution is 2.21. The highest BCUT2D eigenvalue weighted by atomic mass is 32.2. The van der Waals surface area contributed by atoms with E-state index in [2.05, 4.69) is 10.0 Å². The fraction of sp³-hybridized carbons (Fsp3) is 0.278. The third-order valence-corrected chi connectivity index (χ3v) is 8.53. The Morgan fingerprint density at radius 1 is 0.830 bits per heavy atom. The van der Waals surface area contributed by atoms with Gasteiger partial charge in [0.2, 0.25) is 5.91 Å². The second-order valence-corrected chi connectivity index (χ2v) is 12.8. The molecule has 0 radical (unpaired) electrons. The number of hydrogen-bond donors (Lipinski definition) is 2. The van der Waals surface area contributed by atoms with Gasteiger partial charge in [-0.2, -0.15) is 0 Å². The summed E-state index contributed by atoms with van der Waals surface area (Å²) in [6, 6.07) is 28.6. The number of carbonyl (C=O) groups is 2. The van der Waals surface area contributed by atoms with Crippen LogP contribution in [0.25, 0.3) is 0 Å². The number of anilines is 1. The van der Waals surface area contributed by atoms with E-state index in [1.54, 1.807) is 0 Å². The molecule has 0 spiro atoms. The van der Waals surface area contributed by atoms with Gasteiger partial charge in [-0.15, -0.1) is 0 Å². The van der Waals surface area contributed by atoms with E-state index in [9.17, 15) is 22.4 Å². The summed E-state index contributed by atoms with van der Waals surface area (Å²) in [5, 5.41) is 2.98. The number of sulfonamides is 1. The van der Waals surface area contributed by atoms with Crippen LogP contribution in [0.3, 0.4) is 0 Å². The van der Waals surface area contributed by atoms with E-state index in [4.69, 9.17) is 9.47 Å². The highest BCUT2D eigenvalue weighted by Gasteiger charge is 2.30. The maximum absolute atomic E-state index is 13.8. The number of benzene rings is 4. The molecule has 0 heterocycles. The van der Waals surface area contributed by atoms with Gasteiger partial charge in [0.15, 0.2) is 6.61 Å². The molecule has 1 atom stereocenters. The monoisotopic (exact) mass is 661 g/mol. The van der Waals surface area contributed by atoms with Crippen molar-refractivity contribution < 1.29 is 31.9 Å². The van der Waals surface area contributed by atoms with E-state index in [1.165, 1.54) is 41.3 Å². The zero-order valence-electron chi connectivity index (χ0n) is 26.5. The molecule has 9 nitrogen and oxygen atoms in total. The van der Waals surface area contributed by atoms with Crippen molar-refractivity contribution in [2.24, 2.45) is 0 Å². The predicted octanol–water partition coefficient (Wildman–Crippen LogP) is 5.58. The summed E-state index contributed by atoms with van der Waals surface area (Å²) in [7, 11) is -3.94. The summed E-state index contributed by atoms with van der Waals surface area (Å²) in [6.07, 6.45) is 1.01. The van der Waals surface area contributed by atoms with Crippen LogP contribution in [0.1, 0.15) is 31.4 Å². The van der Waals surface area contributed by atoms with E-state index in [0.717, 1.165) is 23.3 Å². The summed E-state index contributed by atoms with van der Waals surface area (Å²) in [4.78, 5) is 29.0. The van der Waals surface area contributed by atoms with Crippen molar-refractivity contribution in [1.29, 1.82) is 0 Å². The fourth-order valence-electron chi connectivity index (χ4n) is 4.73. The SMILES string of the molecule is CC(C)OCCCNC(=O)[C@H](Cc1ccccc1)N(Cc1ccccc1)C(=O)COc1ccc(S(=O)(=O)Nc2ccc(F)cc2)cc1. The summed E-state index contributed by atoms with van der Waals surface area (Å²) in [5.74, 6) is -0.910. The number of amides is 2. The summed E-state index contributed by atoms with van der Waals surface area (Å²) >= 11 is 0. The first-order chi connectivity index (χ1) is 22.6. The Kier molecular flexibility index (Phi) is 12.9. The van der Waals surface area contributed by atoms with Crippen LogP contribution in [0.5, 0.6) is 5.75 Å². The molecular formula is C36H40FN3O6S. The summed E-state index contributed by atoms with van der Waals surface area (Å²) in [6.45, 7) is 4.60. The lowest BCUT2D eigenvalue weighted by atomic mass is 10.0. The topological polar surface area (TPSA) is 114 Å². The van der Waals surface area contributed by atoms with Gasteiger partial charge in [-0.25, -0.2) is 12.8 Å². The number of hydrogen-bond acceptors (Lipinski definition) is 6. The molecule has 0 aliphatic heterocycles. The third kappa shape index (κ3) is 11.2. The van der Waals surface area contributed by atoms with Crippen LogP contribution in [0.4, 0.5) is 10.1 Å². The lowest BCUT2D eigenvalue weighted by Gasteiger charge is -2.31. The Hall–Kier alpha value is -4.74. The molecule has 0 saturated carbocycles. The van der Waals surface area contributed by atoms with Crippen LogP contribution in [0.2, 0.25) is 0 Å². The molecule has 11 heteroatoms. The predicted molar refractivity (Wildman–Crippen MR) is 179 cm³/mol. The van der Waals surface area contributed by atoms with Gasteiger partial charge in [-0.1, -0.05) is 60.7 Å². The molecule has 0 aliphatic carbocycles. The lowest BCUT2D eigenvalue weighted by molar-refractivity contribution is -0.142. The molecule has 0 unspecified atom stereocenters. The molecule has 0 saturated heterocycles. The number of halogens is 1. The van der Waals surface area contributed by atoms with Crippen LogP contribution >= 0.6 is 0 Å². The van der Waals surface area contributed by atoms with Gasteiger partial charge in [0, 0.05) is 31.8 Å². The number of rotatable bonds is 17. The van der Waals surface area contributed by atoms with Gasteiger partial charge in [-0.05, 0) is 79.9 Å². The maximum atomic E-state index is 13.8. The number of carbonyl (C=O) groups excluding carboxylic acids is 2. The van der Waals surface area contributed by atoms with Gasteiger partial charge in [0.1, 0.15) is 17.6 Å². The van der Waals surface area contributed by atoms with E-state index >= 15 is 0 Å². The summed E-state index contributed by atoms with van der Waals surface area (Å²) < 4.78 is 52.6. The Balaban J connectivity index is 1.49. The second kappa shape index (κ2) is 17.3. The quantitative estimate of drug-likeness (QED) is 0.143. The van der Waals surface area contributed by atoms with Crippen LogP contribution in [-0.4, -0.2) is 57.0 Å². The molecule has 2 N–H and O–H groups in total. The first-order valence-corrected chi connectivity index (χ1v) is 16.9. The molecule has 4 aromatic carbocycles.